The van der Waals surface area contributed by atoms with Gasteiger partial charge in [0.2, 0.25) is 0 Å². The SMILES string of the molecule is ClSC(Cl)=NC1CCCCC1. The lowest BCUT2D eigenvalue weighted by Crippen LogP contribution is -2.09. The highest BCUT2D eigenvalue weighted by atomic mass is 35.7. The summed E-state index contributed by atoms with van der Waals surface area (Å²) in [6, 6.07) is 0.433. The van der Waals surface area contributed by atoms with Crippen LogP contribution >= 0.6 is 33.3 Å². The fourth-order valence-corrected chi connectivity index (χ4v) is 1.82. The van der Waals surface area contributed by atoms with E-state index in [2.05, 4.69) is 4.99 Å². The van der Waals surface area contributed by atoms with Crippen molar-refractivity contribution in [3.05, 3.63) is 0 Å². The summed E-state index contributed by atoms with van der Waals surface area (Å²) in [4.78, 5) is 4.27. The third kappa shape index (κ3) is 3.68. The molecule has 1 nitrogen and oxygen atoms in total. The van der Waals surface area contributed by atoms with Gasteiger partial charge in [0.25, 0.3) is 0 Å². The van der Waals surface area contributed by atoms with Gasteiger partial charge in [0.15, 0.2) is 4.50 Å². The summed E-state index contributed by atoms with van der Waals surface area (Å²) in [7, 11) is 6.43. The molecular weight excluding hydrogens is 201 g/mol. The molecule has 1 rings (SSSR count). The van der Waals surface area contributed by atoms with Gasteiger partial charge in [0.05, 0.1) is 6.04 Å². The van der Waals surface area contributed by atoms with Crippen LogP contribution in [0.3, 0.4) is 0 Å². The molecule has 0 heterocycles. The number of aliphatic imine (C=N–C) groups is 1. The van der Waals surface area contributed by atoms with Gasteiger partial charge < -0.3 is 0 Å². The second-order valence-electron chi connectivity index (χ2n) is 2.75. The molecule has 0 radical (unpaired) electrons. The molecule has 0 atom stereocenters. The third-order valence-electron chi connectivity index (χ3n) is 1.92. The second kappa shape index (κ2) is 5.28. The van der Waals surface area contributed by atoms with Crippen LogP contribution in [0.25, 0.3) is 0 Å². The first-order chi connectivity index (χ1) is 5.33. The highest BCUT2D eigenvalue weighted by Gasteiger charge is 2.12. The minimum Gasteiger partial charge on any atom is -0.263 e. The summed E-state index contributed by atoms with van der Waals surface area (Å²) in [5, 5.41) is 0. The Morgan fingerprint density at radius 2 is 1.91 bits per heavy atom. The van der Waals surface area contributed by atoms with Gasteiger partial charge >= 0.3 is 0 Å². The molecule has 1 aliphatic rings. The fourth-order valence-electron chi connectivity index (χ4n) is 1.37. The molecule has 0 N–H and O–H groups in total. The van der Waals surface area contributed by atoms with Crippen molar-refractivity contribution in [3.8, 4) is 0 Å². The van der Waals surface area contributed by atoms with Gasteiger partial charge in [-0.1, -0.05) is 30.9 Å². The summed E-state index contributed by atoms with van der Waals surface area (Å²) in [6.07, 6.45) is 6.26. The molecule has 0 aromatic carbocycles. The number of hydrogen-bond acceptors (Lipinski definition) is 2. The van der Waals surface area contributed by atoms with Crippen molar-refractivity contribution in [1.29, 1.82) is 0 Å². The molecule has 0 unspecified atom stereocenters. The Kier molecular flexibility index (Phi) is 4.65. The van der Waals surface area contributed by atoms with Gasteiger partial charge in [-0.15, -0.1) is 0 Å². The molecule has 0 saturated heterocycles. The second-order valence-corrected chi connectivity index (χ2v) is 4.34. The first kappa shape index (κ1) is 9.69. The molecule has 0 aromatic rings. The van der Waals surface area contributed by atoms with E-state index in [4.69, 9.17) is 22.3 Å². The zero-order valence-corrected chi connectivity index (χ0v) is 8.55. The normalized spacial score (nSPS) is 22.2. The lowest BCUT2D eigenvalue weighted by Gasteiger charge is -2.17. The van der Waals surface area contributed by atoms with Gasteiger partial charge in [-0.05, 0) is 23.5 Å². The molecule has 1 saturated carbocycles. The zero-order valence-electron chi connectivity index (χ0n) is 6.22. The first-order valence-electron chi connectivity index (χ1n) is 3.85. The van der Waals surface area contributed by atoms with Gasteiger partial charge in [0, 0.05) is 11.0 Å². The van der Waals surface area contributed by atoms with E-state index >= 15 is 0 Å². The molecule has 11 heavy (non-hydrogen) atoms. The standard InChI is InChI=1S/C7H11Cl2NS/c8-7(11-9)10-6-4-2-1-3-5-6/h6H,1-5H2. The maximum absolute atomic E-state index is 5.68. The van der Waals surface area contributed by atoms with Crippen LogP contribution < -0.4 is 0 Å². The maximum Gasteiger partial charge on any atom is 0.173 e. The van der Waals surface area contributed by atoms with Gasteiger partial charge in [-0.25, -0.2) is 0 Å². The lowest BCUT2D eigenvalue weighted by atomic mass is 9.96. The predicted octanol–water partition coefficient (Wildman–Crippen LogP) is 3.80. The first-order valence-corrected chi connectivity index (χ1v) is 5.87. The Morgan fingerprint density at radius 1 is 1.27 bits per heavy atom. The van der Waals surface area contributed by atoms with Crippen LogP contribution in [0.2, 0.25) is 0 Å². The number of rotatable bonds is 1. The fraction of sp³-hybridized carbons (Fsp3) is 0.857. The molecule has 0 aromatic heterocycles. The van der Waals surface area contributed by atoms with Crippen LogP contribution in [0.5, 0.6) is 0 Å². The summed E-state index contributed by atoms with van der Waals surface area (Å²) in [5.74, 6) is 0. The van der Waals surface area contributed by atoms with Crippen LogP contribution in [0, 0.1) is 0 Å². The molecule has 1 aliphatic carbocycles. The molecule has 0 amide bonds. The average molecular weight is 212 g/mol. The summed E-state index contributed by atoms with van der Waals surface area (Å²) >= 11 is 5.68. The predicted molar refractivity (Wildman–Crippen MR) is 53.6 cm³/mol. The highest BCUT2D eigenvalue weighted by molar-refractivity contribution is 8.34. The number of hydrogen-bond donors (Lipinski definition) is 0. The Labute approximate surface area is 81.1 Å². The largest absolute Gasteiger partial charge is 0.263 e. The summed E-state index contributed by atoms with van der Waals surface area (Å²) in [5.41, 5.74) is 0. The molecule has 0 bridgehead atoms. The van der Waals surface area contributed by atoms with E-state index in [1.165, 1.54) is 32.1 Å². The van der Waals surface area contributed by atoms with Crippen LogP contribution in [-0.2, 0) is 0 Å². The van der Waals surface area contributed by atoms with Gasteiger partial charge in [0.1, 0.15) is 0 Å². The lowest BCUT2D eigenvalue weighted by molar-refractivity contribution is 0.444. The molecule has 64 valence electrons. The van der Waals surface area contributed by atoms with Gasteiger partial charge in [-0.3, -0.25) is 4.99 Å². The topological polar surface area (TPSA) is 12.4 Å². The summed E-state index contributed by atoms with van der Waals surface area (Å²) < 4.78 is 0.485. The van der Waals surface area contributed by atoms with Crippen molar-refractivity contribution in [2.45, 2.75) is 38.1 Å². The minimum atomic E-state index is 0.433. The smallest absolute Gasteiger partial charge is 0.173 e. The van der Waals surface area contributed by atoms with E-state index in [0.717, 1.165) is 11.0 Å². The Hall–Kier alpha value is 0.600. The maximum atomic E-state index is 5.68. The van der Waals surface area contributed by atoms with Crippen molar-refractivity contribution in [1.82, 2.24) is 0 Å². The average Bonchev–Trinajstić information content (AvgIpc) is 2.06. The monoisotopic (exact) mass is 211 g/mol. The van der Waals surface area contributed by atoms with E-state index in [9.17, 15) is 0 Å². The highest BCUT2D eigenvalue weighted by Crippen LogP contribution is 2.23. The third-order valence-corrected chi connectivity index (χ3v) is 3.16. The van der Waals surface area contributed by atoms with Gasteiger partial charge in [-0.2, -0.15) is 0 Å². The van der Waals surface area contributed by atoms with Crippen LogP contribution in [-0.4, -0.2) is 10.5 Å². The van der Waals surface area contributed by atoms with Crippen LogP contribution in [0.1, 0.15) is 32.1 Å². The molecular formula is C7H11Cl2NS. The zero-order chi connectivity index (χ0) is 8.10. The van der Waals surface area contributed by atoms with E-state index in [0.29, 0.717) is 10.5 Å². The Balaban J connectivity index is 2.34. The van der Waals surface area contributed by atoms with E-state index < -0.39 is 0 Å². The minimum absolute atomic E-state index is 0.433. The van der Waals surface area contributed by atoms with E-state index in [1.54, 1.807) is 0 Å². The summed E-state index contributed by atoms with van der Waals surface area (Å²) in [6.45, 7) is 0. The Bertz CT molecular complexity index is 143. The quantitative estimate of drug-likeness (QED) is 0.475. The van der Waals surface area contributed by atoms with Crippen molar-refractivity contribution in [2.75, 3.05) is 0 Å². The van der Waals surface area contributed by atoms with Crippen LogP contribution in [0.15, 0.2) is 4.99 Å². The molecule has 0 aliphatic heterocycles. The van der Waals surface area contributed by atoms with Crippen LogP contribution in [0.4, 0.5) is 0 Å². The molecule has 1 fully saturated rings. The van der Waals surface area contributed by atoms with E-state index in [1.807, 2.05) is 0 Å². The van der Waals surface area contributed by atoms with Crippen molar-refractivity contribution in [2.24, 2.45) is 4.99 Å². The van der Waals surface area contributed by atoms with Crippen molar-refractivity contribution < 1.29 is 0 Å². The number of nitrogens with zero attached hydrogens (tertiary/aromatic N) is 1. The van der Waals surface area contributed by atoms with Crippen molar-refractivity contribution >= 4 is 37.8 Å². The van der Waals surface area contributed by atoms with E-state index in [-0.39, 0.29) is 0 Å². The van der Waals surface area contributed by atoms with Crippen molar-refractivity contribution in [3.63, 3.8) is 0 Å². The molecule has 0 spiro atoms. The Morgan fingerprint density at radius 3 is 2.45 bits per heavy atom. The number of halogens is 2. The molecule has 4 heteroatoms.